The number of aromatic nitrogens is 6. The van der Waals surface area contributed by atoms with Crippen LogP contribution in [0, 0.1) is 6.92 Å². The highest BCUT2D eigenvalue weighted by Gasteiger charge is 2.17. The molecule has 0 radical (unpaired) electrons. The van der Waals surface area contributed by atoms with Crippen LogP contribution in [0.15, 0.2) is 61.1 Å². The van der Waals surface area contributed by atoms with Gasteiger partial charge in [0.2, 0.25) is 0 Å². The van der Waals surface area contributed by atoms with Crippen molar-refractivity contribution in [2.45, 2.75) is 6.92 Å². The van der Waals surface area contributed by atoms with Gasteiger partial charge in [-0.15, -0.1) is 11.3 Å². The van der Waals surface area contributed by atoms with Gasteiger partial charge in [0.1, 0.15) is 11.2 Å². The number of nitrogens with zero attached hydrogens (tertiary/aromatic N) is 4. The molecule has 8 heteroatoms. The smallest absolute Gasteiger partial charge is 0.160 e. The second-order valence-electron chi connectivity index (χ2n) is 7.39. The number of rotatable bonds is 3. The largest absolute Gasteiger partial charge is 0.397 e. The predicted octanol–water partition coefficient (Wildman–Crippen LogP) is 5.18. The average Bonchev–Trinajstić information content (AvgIpc) is 3.50. The molecule has 0 amide bonds. The third-order valence-electron chi connectivity index (χ3n) is 5.27. The zero-order chi connectivity index (χ0) is 20.9. The molecule has 31 heavy (non-hydrogen) atoms. The Hall–Kier alpha value is -4.04. The van der Waals surface area contributed by atoms with Gasteiger partial charge >= 0.3 is 0 Å². The quantitative estimate of drug-likeness (QED) is 0.363. The number of H-pyrrole nitrogens is 2. The van der Waals surface area contributed by atoms with Crippen molar-refractivity contribution in [3.05, 3.63) is 65.9 Å². The summed E-state index contributed by atoms with van der Waals surface area (Å²) < 4.78 is 0. The van der Waals surface area contributed by atoms with Crippen molar-refractivity contribution in [3.8, 4) is 33.1 Å². The minimum Gasteiger partial charge on any atom is -0.397 e. The molecule has 0 atom stereocenters. The van der Waals surface area contributed by atoms with E-state index in [0.717, 1.165) is 44.5 Å². The first-order valence-corrected chi connectivity index (χ1v) is 10.6. The van der Waals surface area contributed by atoms with Crippen LogP contribution in [0.1, 0.15) is 4.88 Å². The number of imidazole rings is 1. The summed E-state index contributed by atoms with van der Waals surface area (Å²) in [5.74, 6) is 0.678. The lowest BCUT2D eigenvalue weighted by Crippen LogP contribution is -1.88. The Kier molecular flexibility index (Phi) is 3.87. The standard InChI is InChI=1S/C23H17N7S/c1-12-2-5-19(31-12)16-6-7-26-22-20(16)27-23(28-22)21-17-9-13(3-4-18(17)29-30-21)14-8-15(24)11-25-10-14/h2-11H,24H2,1H3,(H,29,30)(H,26,27,28). The Bertz CT molecular complexity index is 1570. The number of fused-ring (bicyclic) bond motifs is 2. The predicted molar refractivity (Wildman–Crippen MR) is 125 cm³/mol. The number of aromatic amines is 2. The van der Waals surface area contributed by atoms with Crippen LogP contribution < -0.4 is 5.73 Å². The summed E-state index contributed by atoms with van der Waals surface area (Å²) in [5, 5.41) is 8.60. The zero-order valence-corrected chi connectivity index (χ0v) is 17.4. The topological polar surface area (TPSA) is 109 Å². The Morgan fingerprint density at radius 3 is 2.77 bits per heavy atom. The lowest BCUT2D eigenvalue weighted by molar-refractivity contribution is 1.10. The van der Waals surface area contributed by atoms with E-state index in [2.05, 4.69) is 50.3 Å². The lowest BCUT2D eigenvalue weighted by Gasteiger charge is -2.03. The van der Waals surface area contributed by atoms with E-state index >= 15 is 0 Å². The van der Waals surface area contributed by atoms with Crippen LogP contribution in [0.5, 0.6) is 0 Å². The molecule has 0 saturated carbocycles. The minimum absolute atomic E-state index is 0.629. The molecule has 0 bridgehead atoms. The molecule has 0 fully saturated rings. The summed E-state index contributed by atoms with van der Waals surface area (Å²) in [4.78, 5) is 19.3. The van der Waals surface area contributed by atoms with Gasteiger partial charge in [-0.05, 0) is 48.9 Å². The lowest BCUT2D eigenvalue weighted by atomic mass is 10.0. The number of nitrogens with one attached hydrogen (secondary N) is 2. The Balaban J connectivity index is 1.51. The summed E-state index contributed by atoms with van der Waals surface area (Å²) in [6, 6.07) is 14.3. The molecule has 0 aliphatic carbocycles. The van der Waals surface area contributed by atoms with Gasteiger partial charge < -0.3 is 10.7 Å². The first kappa shape index (κ1) is 17.8. The third kappa shape index (κ3) is 2.96. The van der Waals surface area contributed by atoms with Gasteiger partial charge in [0.15, 0.2) is 11.5 Å². The molecule has 6 rings (SSSR count). The number of aryl methyl sites for hydroxylation is 1. The second kappa shape index (κ2) is 6.75. The van der Waals surface area contributed by atoms with Crippen molar-refractivity contribution >= 4 is 39.1 Å². The van der Waals surface area contributed by atoms with E-state index in [9.17, 15) is 0 Å². The van der Waals surface area contributed by atoms with Crippen LogP contribution in [0.2, 0.25) is 0 Å². The molecule has 150 valence electrons. The Labute approximate surface area is 181 Å². The van der Waals surface area contributed by atoms with Crippen molar-refractivity contribution in [2.24, 2.45) is 0 Å². The number of hydrogen-bond donors (Lipinski definition) is 3. The molecule has 0 spiro atoms. The summed E-state index contributed by atoms with van der Waals surface area (Å²) >= 11 is 1.75. The molecule has 1 aromatic carbocycles. The van der Waals surface area contributed by atoms with Gasteiger partial charge in [-0.1, -0.05) is 6.07 Å². The van der Waals surface area contributed by atoms with Crippen LogP contribution in [-0.2, 0) is 0 Å². The van der Waals surface area contributed by atoms with E-state index in [1.54, 1.807) is 23.7 Å². The van der Waals surface area contributed by atoms with E-state index in [-0.39, 0.29) is 0 Å². The minimum atomic E-state index is 0.629. The van der Waals surface area contributed by atoms with Gasteiger partial charge in [0.25, 0.3) is 0 Å². The van der Waals surface area contributed by atoms with E-state index in [4.69, 9.17) is 10.7 Å². The van der Waals surface area contributed by atoms with Crippen molar-refractivity contribution in [1.82, 2.24) is 30.1 Å². The molecule has 0 aliphatic rings. The second-order valence-corrected chi connectivity index (χ2v) is 8.68. The van der Waals surface area contributed by atoms with Crippen molar-refractivity contribution in [3.63, 3.8) is 0 Å². The maximum absolute atomic E-state index is 5.91. The third-order valence-corrected chi connectivity index (χ3v) is 6.30. The molecule has 5 aromatic heterocycles. The van der Waals surface area contributed by atoms with Crippen LogP contribution in [0.4, 0.5) is 5.69 Å². The Morgan fingerprint density at radius 2 is 1.94 bits per heavy atom. The molecule has 0 saturated heterocycles. The molecule has 4 N–H and O–H groups in total. The molecular formula is C23H17N7S. The average molecular weight is 424 g/mol. The fourth-order valence-corrected chi connectivity index (χ4v) is 4.68. The maximum Gasteiger partial charge on any atom is 0.160 e. The van der Waals surface area contributed by atoms with Crippen LogP contribution >= 0.6 is 11.3 Å². The van der Waals surface area contributed by atoms with E-state index in [1.165, 1.54) is 9.75 Å². The summed E-state index contributed by atoms with van der Waals surface area (Å²) in [7, 11) is 0. The fraction of sp³-hybridized carbons (Fsp3) is 0.0435. The normalized spacial score (nSPS) is 11.5. The number of hydrogen-bond acceptors (Lipinski definition) is 6. The highest BCUT2D eigenvalue weighted by atomic mass is 32.1. The molecular weight excluding hydrogens is 406 g/mol. The van der Waals surface area contributed by atoms with Gasteiger partial charge in [-0.3, -0.25) is 10.1 Å². The summed E-state index contributed by atoms with van der Waals surface area (Å²) in [6.45, 7) is 2.10. The number of nitrogen functional groups attached to an aromatic ring is 1. The van der Waals surface area contributed by atoms with Crippen molar-refractivity contribution in [1.29, 1.82) is 0 Å². The molecule has 7 nitrogen and oxygen atoms in total. The van der Waals surface area contributed by atoms with Gasteiger partial charge in [0.05, 0.1) is 11.2 Å². The van der Waals surface area contributed by atoms with Gasteiger partial charge in [-0.25, -0.2) is 9.97 Å². The SMILES string of the molecule is Cc1ccc(-c2ccnc3[nH]c(-c4n[nH]c5ccc(-c6cncc(N)c6)cc45)nc23)s1. The highest BCUT2D eigenvalue weighted by molar-refractivity contribution is 7.15. The monoisotopic (exact) mass is 423 g/mol. The number of pyridine rings is 2. The van der Waals surface area contributed by atoms with Crippen LogP contribution in [0.3, 0.4) is 0 Å². The van der Waals surface area contributed by atoms with E-state index < -0.39 is 0 Å². The molecule has 6 aromatic rings. The zero-order valence-electron chi connectivity index (χ0n) is 16.5. The first-order valence-electron chi connectivity index (χ1n) is 9.76. The number of benzene rings is 1. The molecule has 5 heterocycles. The fourth-order valence-electron chi connectivity index (χ4n) is 3.79. The van der Waals surface area contributed by atoms with Gasteiger partial charge in [-0.2, -0.15) is 5.10 Å². The van der Waals surface area contributed by atoms with E-state index in [1.807, 2.05) is 30.5 Å². The van der Waals surface area contributed by atoms with Gasteiger partial charge in [0, 0.05) is 44.9 Å². The molecule has 0 aliphatic heterocycles. The van der Waals surface area contributed by atoms with Crippen LogP contribution in [0.25, 0.3) is 55.2 Å². The molecule has 0 unspecified atom stereocenters. The maximum atomic E-state index is 5.91. The highest BCUT2D eigenvalue weighted by Crippen LogP contribution is 2.34. The van der Waals surface area contributed by atoms with Crippen LogP contribution in [-0.4, -0.2) is 30.1 Å². The summed E-state index contributed by atoms with van der Waals surface area (Å²) in [6.07, 6.45) is 5.25. The number of thiophene rings is 1. The van der Waals surface area contributed by atoms with Crippen molar-refractivity contribution in [2.75, 3.05) is 5.73 Å². The summed E-state index contributed by atoms with van der Waals surface area (Å²) in [5.41, 5.74) is 12.8. The van der Waals surface area contributed by atoms with E-state index in [0.29, 0.717) is 11.5 Å². The Morgan fingerprint density at radius 1 is 1.00 bits per heavy atom. The number of nitrogens with two attached hydrogens (primary N) is 1. The first-order chi connectivity index (χ1) is 15.2. The number of anilines is 1. The van der Waals surface area contributed by atoms with Crippen molar-refractivity contribution < 1.29 is 0 Å².